The van der Waals surface area contributed by atoms with Gasteiger partial charge in [0.15, 0.2) is 0 Å². The van der Waals surface area contributed by atoms with Crippen LogP contribution in [0.3, 0.4) is 0 Å². The molecular weight excluding hydrogens is 186 g/mol. The molecule has 0 fully saturated rings. The van der Waals surface area contributed by atoms with E-state index in [1.54, 1.807) is 12.1 Å². The van der Waals surface area contributed by atoms with Gasteiger partial charge in [-0.1, -0.05) is 6.07 Å². The molecule has 0 spiro atoms. The molecule has 0 radical (unpaired) electrons. The Labute approximate surface area is 81.0 Å². The van der Waals surface area contributed by atoms with Gasteiger partial charge in [0.2, 0.25) is 0 Å². The van der Waals surface area contributed by atoms with Crippen LogP contribution >= 0.6 is 12.6 Å². The maximum absolute atomic E-state index is 10.4. The zero-order chi connectivity index (χ0) is 9.84. The lowest BCUT2D eigenvalue weighted by Gasteiger charge is -1.99. The molecule has 3 nitrogen and oxygen atoms in total. The highest BCUT2D eigenvalue weighted by Crippen LogP contribution is 2.14. The summed E-state index contributed by atoms with van der Waals surface area (Å²) in [4.78, 5) is 10.9. The number of hydrogen-bond donors (Lipinski definition) is 2. The molecule has 0 aliphatic carbocycles. The molecule has 1 rings (SSSR count). The van der Waals surface area contributed by atoms with Gasteiger partial charge in [0.05, 0.1) is 12.0 Å². The predicted molar refractivity (Wildman–Crippen MR) is 49.7 cm³/mol. The van der Waals surface area contributed by atoms with E-state index in [-0.39, 0.29) is 6.42 Å². The van der Waals surface area contributed by atoms with E-state index in [9.17, 15) is 4.79 Å². The van der Waals surface area contributed by atoms with E-state index in [1.807, 2.05) is 6.07 Å². The Balaban J connectivity index is 3.01. The minimum atomic E-state index is -0.907. The van der Waals surface area contributed by atoms with Gasteiger partial charge in [0, 0.05) is 4.90 Å². The van der Waals surface area contributed by atoms with Gasteiger partial charge in [-0.25, -0.2) is 0 Å². The van der Waals surface area contributed by atoms with Crippen LogP contribution < -0.4 is 0 Å². The Hall–Kier alpha value is -1.47. The van der Waals surface area contributed by atoms with Gasteiger partial charge in [0.25, 0.3) is 0 Å². The quantitative estimate of drug-likeness (QED) is 0.699. The molecule has 0 saturated heterocycles. The Morgan fingerprint density at radius 1 is 1.62 bits per heavy atom. The fourth-order valence-electron chi connectivity index (χ4n) is 0.957. The molecule has 0 bridgehead atoms. The number of nitriles is 1. The highest BCUT2D eigenvalue weighted by Gasteiger charge is 2.03. The SMILES string of the molecule is N#Cc1cc(CC(=O)O)ccc1S. The Morgan fingerprint density at radius 2 is 2.31 bits per heavy atom. The molecule has 1 aromatic carbocycles. The first-order valence-electron chi connectivity index (χ1n) is 3.57. The van der Waals surface area contributed by atoms with Gasteiger partial charge in [-0.15, -0.1) is 12.6 Å². The van der Waals surface area contributed by atoms with Crippen LogP contribution in [0.5, 0.6) is 0 Å². The van der Waals surface area contributed by atoms with Gasteiger partial charge < -0.3 is 5.11 Å². The molecule has 13 heavy (non-hydrogen) atoms. The average molecular weight is 193 g/mol. The third-order valence-corrected chi connectivity index (χ3v) is 1.93. The Bertz CT molecular complexity index is 382. The summed E-state index contributed by atoms with van der Waals surface area (Å²) in [5.74, 6) is -0.907. The second kappa shape index (κ2) is 3.97. The second-order valence-corrected chi connectivity index (χ2v) is 3.02. The van der Waals surface area contributed by atoms with E-state index in [4.69, 9.17) is 10.4 Å². The van der Waals surface area contributed by atoms with E-state index < -0.39 is 5.97 Å². The summed E-state index contributed by atoms with van der Waals surface area (Å²) in [5.41, 5.74) is 1.02. The predicted octanol–water partition coefficient (Wildman–Crippen LogP) is 1.47. The van der Waals surface area contributed by atoms with E-state index in [1.165, 1.54) is 6.07 Å². The molecule has 1 N–H and O–H groups in total. The number of hydrogen-bond acceptors (Lipinski definition) is 3. The third kappa shape index (κ3) is 2.49. The summed E-state index contributed by atoms with van der Waals surface area (Å²) in [6.07, 6.45) is -0.0667. The van der Waals surface area contributed by atoms with Gasteiger partial charge >= 0.3 is 5.97 Å². The molecule has 0 saturated carbocycles. The van der Waals surface area contributed by atoms with E-state index in [0.717, 1.165) is 0 Å². The first-order valence-corrected chi connectivity index (χ1v) is 4.02. The Morgan fingerprint density at radius 3 is 2.85 bits per heavy atom. The van der Waals surface area contributed by atoms with E-state index in [2.05, 4.69) is 12.6 Å². The molecule has 0 aromatic heterocycles. The lowest BCUT2D eigenvalue weighted by Crippen LogP contribution is -2.00. The highest BCUT2D eigenvalue weighted by molar-refractivity contribution is 7.80. The molecule has 0 heterocycles. The van der Waals surface area contributed by atoms with Crippen molar-refractivity contribution < 1.29 is 9.90 Å². The van der Waals surface area contributed by atoms with Crippen LogP contribution in [0, 0.1) is 11.3 Å². The first-order chi connectivity index (χ1) is 6.13. The van der Waals surface area contributed by atoms with Crippen molar-refractivity contribution in [3.05, 3.63) is 29.3 Å². The van der Waals surface area contributed by atoms with Crippen molar-refractivity contribution in [3.8, 4) is 6.07 Å². The number of carboxylic acid groups (broad SMARTS) is 1. The normalized spacial score (nSPS) is 9.23. The highest BCUT2D eigenvalue weighted by atomic mass is 32.1. The summed E-state index contributed by atoms with van der Waals surface area (Å²) in [6, 6.07) is 6.75. The van der Waals surface area contributed by atoms with Crippen LogP contribution in [0.15, 0.2) is 23.1 Å². The van der Waals surface area contributed by atoms with Gasteiger partial charge in [-0.3, -0.25) is 4.79 Å². The average Bonchev–Trinajstić information content (AvgIpc) is 2.07. The van der Waals surface area contributed by atoms with Crippen LogP contribution in [-0.2, 0) is 11.2 Å². The molecular formula is C9H7NO2S. The number of benzene rings is 1. The molecule has 1 aromatic rings. The van der Waals surface area contributed by atoms with Crippen LogP contribution in [0.25, 0.3) is 0 Å². The van der Waals surface area contributed by atoms with Gasteiger partial charge in [0.1, 0.15) is 6.07 Å². The summed E-state index contributed by atoms with van der Waals surface area (Å²) in [5, 5.41) is 17.1. The number of aliphatic carboxylic acids is 1. The molecule has 66 valence electrons. The van der Waals surface area contributed by atoms with Crippen molar-refractivity contribution in [2.24, 2.45) is 0 Å². The largest absolute Gasteiger partial charge is 0.481 e. The zero-order valence-electron chi connectivity index (χ0n) is 6.69. The van der Waals surface area contributed by atoms with Crippen LogP contribution in [0.4, 0.5) is 0 Å². The van der Waals surface area contributed by atoms with Crippen molar-refractivity contribution in [1.82, 2.24) is 0 Å². The molecule has 0 amide bonds. The minimum absolute atomic E-state index is 0.0667. The fraction of sp³-hybridized carbons (Fsp3) is 0.111. The fourth-order valence-corrected chi connectivity index (χ4v) is 1.15. The van der Waals surface area contributed by atoms with Crippen molar-refractivity contribution in [2.75, 3.05) is 0 Å². The molecule has 4 heteroatoms. The number of nitrogens with zero attached hydrogens (tertiary/aromatic N) is 1. The number of carboxylic acids is 1. The van der Waals surface area contributed by atoms with Crippen molar-refractivity contribution >= 4 is 18.6 Å². The van der Waals surface area contributed by atoms with Crippen LogP contribution in [-0.4, -0.2) is 11.1 Å². The van der Waals surface area contributed by atoms with Crippen molar-refractivity contribution in [2.45, 2.75) is 11.3 Å². The molecule has 0 atom stereocenters. The van der Waals surface area contributed by atoms with E-state index in [0.29, 0.717) is 16.0 Å². The lowest BCUT2D eigenvalue weighted by molar-refractivity contribution is -0.136. The van der Waals surface area contributed by atoms with Crippen molar-refractivity contribution in [3.63, 3.8) is 0 Å². The van der Waals surface area contributed by atoms with Gasteiger partial charge in [-0.05, 0) is 17.7 Å². The maximum atomic E-state index is 10.4. The van der Waals surface area contributed by atoms with Gasteiger partial charge in [-0.2, -0.15) is 5.26 Å². The summed E-state index contributed by atoms with van der Waals surface area (Å²) in [6.45, 7) is 0. The van der Waals surface area contributed by atoms with Crippen LogP contribution in [0.2, 0.25) is 0 Å². The number of carbonyl (C=O) groups is 1. The molecule has 0 aliphatic heterocycles. The minimum Gasteiger partial charge on any atom is -0.481 e. The standard InChI is InChI=1S/C9H7NO2S/c10-5-7-3-6(4-9(11)12)1-2-8(7)13/h1-3,13H,4H2,(H,11,12). The summed E-state index contributed by atoms with van der Waals surface area (Å²) in [7, 11) is 0. The molecule has 0 unspecified atom stereocenters. The third-order valence-electron chi connectivity index (χ3n) is 1.54. The smallest absolute Gasteiger partial charge is 0.307 e. The topological polar surface area (TPSA) is 61.1 Å². The zero-order valence-corrected chi connectivity index (χ0v) is 7.58. The maximum Gasteiger partial charge on any atom is 0.307 e. The lowest BCUT2D eigenvalue weighted by atomic mass is 10.1. The Kier molecular flexibility index (Phi) is 2.93. The first kappa shape index (κ1) is 9.62. The molecule has 0 aliphatic rings. The summed E-state index contributed by atoms with van der Waals surface area (Å²) >= 11 is 4.05. The van der Waals surface area contributed by atoms with Crippen molar-refractivity contribution in [1.29, 1.82) is 5.26 Å². The number of thiol groups is 1. The monoisotopic (exact) mass is 193 g/mol. The van der Waals surface area contributed by atoms with Crippen LogP contribution in [0.1, 0.15) is 11.1 Å². The van der Waals surface area contributed by atoms with E-state index >= 15 is 0 Å². The summed E-state index contributed by atoms with van der Waals surface area (Å²) < 4.78 is 0. The second-order valence-electron chi connectivity index (χ2n) is 2.53. The number of rotatable bonds is 2.